The Hall–Kier alpha value is -3.98. The van der Waals surface area contributed by atoms with Gasteiger partial charge >= 0.3 is 0 Å². The Kier molecular flexibility index (Phi) is 9.83. The number of fused-ring (bicyclic) bond motifs is 1. The van der Waals surface area contributed by atoms with Crippen LogP contribution in [-0.4, -0.2) is 53.7 Å². The zero-order valence-electron chi connectivity index (χ0n) is 26.2. The number of methoxy groups -OCH3 is 4. The van der Waals surface area contributed by atoms with Crippen LogP contribution in [0.2, 0.25) is 0 Å². The molecule has 0 fully saturated rings. The number of rotatable bonds is 14. The van der Waals surface area contributed by atoms with Crippen molar-refractivity contribution < 1.29 is 24.1 Å². The molecule has 9 nitrogen and oxygen atoms in total. The average Bonchev–Trinajstić information content (AvgIpc) is 3.30. The summed E-state index contributed by atoms with van der Waals surface area (Å²) in [7, 11) is 6.61. The lowest BCUT2D eigenvalue weighted by Crippen LogP contribution is -2.27. The van der Waals surface area contributed by atoms with E-state index in [4.69, 9.17) is 28.9 Å². The summed E-state index contributed by atoms with van der Waals surface area (Å²) in [5.74, 6) is 4.60. The van der Waals surface area contributed by atoms with Crippen LogP contribution in [0.3, 0.4) is 0 Å². The van der Waals surface area contributed by atoms with Gasteiger partial charge in [-0.1, -0.05) is 13.3 Å². The standard InChI is InChI=1S/C33H44N4O5/c1-9-10-11-30-35-31-27(37(30)21-33(3,4)38)16-22(2)34-32(31)36(19-23-12-14-25(39-5)17-28(23)41-7)20-24-13-15-26(40-6)18-29(24)42-8/h12-18,38H,9-11,19-21H2,1-8H3. The molecule has 4 rings (SSSR count). The highest BCUT2D eigenvalue weighted by Crippen LogP contribution is 2.35. The van der Waals surface area contributed by atoms with Crippen LogP contribution in [0.15, 0.2) is 42.5 Å². The van der Waals surface area contributed by atoms with E-state index in [9.17, 15) is 5.11 Å². The molecule has 0 aliphatic heterocycles. The number of benzene rings is 2. The van der Waals surface area contributed by atoms with Crippen LogP contribution in [0.25, 0.3) is 11.0 Å². The summed E-state index contributed by atoms with van der Waals surface area (Å²) in [5, 5.41) is 10.8. The van der Waals surface area contributed by atoms with E-state index in [0.29, 0.717) is 19.6 Å². The molecular formula is C33H44N4O5. The van der Waals surface area contributed by atoms with E-state index in [1.165, 1.54) is 0 Å². The van der Waals surface area contributed by atoms with Gasteiger partial charge in [-0.2, -0.15) is 0 Å². The van der Waals surface area contributed by atoms with Crippen LogP contribution in [0, 0.1) is 6.92 Å². The lowest BCUT2D eigenvalue weighted by molar-refractivity contribution is 0.0618. The smallest absolute Gasteiger partial charge is 0.157 e. The molecule has 9 heteroatoms. The molecule has 0 spiro atoms. The molecule has 226 valence electrons. The number of aryl methyl sites for hydroxylation is 2. The molecule has 0 amide bonds. The minimum absolute atomic E-state index is 0.435. The maximum atomic E-state index is 10.8. The predicted octanol–water partition coefficient (Wildman–Crippen LogP) is 6.09. The maximum absolute atomic E-state index is 10.8. The van der Waals surface area contributed by atoms with Gasteiger partial charge in [0.1, 0.15) is 34.3 Å². The summed E-state index contributed by atoms with van der Waals surface area (Å²) in [4.78, 5) is 12.4. The fourth-order valence-corrected chi connectivity index (χ4v) is 5.17. The first-order valence-electron chi connectivity index (χ1n) is 14.4. The van der Waals surface area contributed by atoms with Crippen molar-refractivity contribution >= 4 is 16.9 Å². The molecule has 0 unspecified atom stereocenters. The fraction of sp³-hybridized carbons (Fsp3) is 0.455. The Morgan fingerprint density at radius 1 is 0.833 bits per heavy atom. The summed E-state index contributed by atoms with van der Waals surface area (Å²) >= 11 is 0. The predicted molar refractivity (Wildman–Crippen MR) is 166 cm³/mol. The van der Waals surface area contributed by atoms with Crippen LogP contribution in [0.1, 0.15) is 56.3 Å². The molecule has 0 aliphatic carbocycles. The van der Waals surface area contributed by atoms with Gasteiger partial charge in [0.2, 0.25) is 0 Å². The summed E-state index contributed by atoms with van der Waals surface area (Å²) in [6.45, 7) is 9.25. The van der Waals surface area contributed by atoms with Crippen LogP contribution in [0.5, 0.6) is 23.0 Å². The number of ether oxygens (including phenoxy) is 4. The number of imidazole rings is 1. The third kappa shape index (κ3) is 7.07. The molecule has 1 N–H and O–H groups in total. The molecule has 0 aliphatic rings. The zero-order valence-corrected chi connectivity index (χ0v) is 26.2. The van der Waals surface area contributed by atoms with Gasteiger partial charge < -0.3 is 33.5 Å². The molecular weight excluding hydrogens is 532 g/mol. The molecule has 0 saturated heterocycles. The number of nitrogens with zero attached hydrogens (tertiary/aromatic N) is 4. The Morgan fingerprint density at radius 2 is 1.40 bits per heavy atom. The van der Waals surface area contributed by atoms with E-state index in [2.05, 4.69) is 22.5 Å². The minimum Gasteiger partial charge on any atom is -0.497 e. The minimum atomic E-state index is -0.904. The van der Waals surface area contributed by atoms with Gasteiger partial charge in [-0.3, -0.25) is 0 Å². The Bertz CT molecular complexity index is 1450. The summed E-state index contributed by atoms with van der Waals surface area (Å²) < 4.78 is 24.6. The van der Waals surface area contributed by atoms with E-state index in [1.54, 1.807) is 28.4 Å². The molecule has 2 aromatic carbocycles. The molecule has 0 radical (unpaired) electrons. The maximum Gasteiger partial charge on any atom is 0.157 e. The number of aliphatic hydroxyl groups is 1. The topological polar surface area (TPSA) is 91.1 Å². The van der Waals surface area contributed by atoms with Crippen molar-refractivity contribution in [3.8, 4) is 23.0 Å². The van der Waals surface area contributed by atoms with Crippen molar-refractivity contribution in [3.63, 3.8) is 0 Å². The largest absolute Gasteiger partial charge is 0.497 e. The van der Waals surface area contributed by atoms with Crippen LogP contribution >= 0.6 is 0 Å². The van der Waals surface area contributed by atoms with Gasteiger partial charge in [-0.05, 0) is 57.5 Å². The molecule has 0 saturated carbocycles. The Labute approximate surface area is 249 Å². The second-order valence-electron chi connectivity index (χ2n) is 11.2. The van der Waals surface area contributed by atoms with E-state index in [1.807, 2.05) is 57.2 Å². The van der Waals surface area contributed by atoms with Gasteiger partial charge in [-0.25, -0.2) is 9.97 Å². The number of aromatic nitrogens is 3. The summed E-state index contributed by atoms with van der Waals surface area (Å²) in [6, 6.07) is 13.7. The van der Waals surface area contributed by atoms with Gasteiger partial charge in [0.25, 0.3) is 0 Å². The Morgan fingerprint density at radius 3 is 1.88 bits per heavy atom. The highest BCUT2D eigenvalue weighted by atomic mass is 16.5. The van der Waals surface area contributed by atoms with Crippen LogP contribution in [0.4, 0.5) is 5.82 Å². The first kappa shape index (κ1) is 31.0. The average molecular weight is 577 g/mol. The first-order valence-corrected chi connectivity index (χ1v) is 14.4. The molecule has 2 heterocycles. The Balaban J connectivity index is 1.92. The van der Waals surface area contributed by atoms with Crippen LogP contribution < -0.4 is 23.8 Å². The van der Waals surface area contributed by atoms with E-state index >= 15 is 0 Å². The van der Waals surface area contributed by atoms with Crippen LogP contribution in [-0.2, 0) is 26.1 Å². The second kappa shape index (κ2) is 13.3. The SMILES string of the molecule is CCCCc1nc2c(N(Cc3ccc(OC)cc3OC)Cc3ccc(OC)cc3OC)nc(C)cc2n1CC(C)(C)O. The van der Waals surface area contributed by atoms with E-state index < -0.39 is 5.60 Å². The number of pyridine rings is 1. The number of anilines is 1. The summed E-state index contributed by atoms with van der Waals surface area (Å²) in [6.07, 6.45) is 2.88. The number of hydrogen-bond acceptors (Lipinski definition) is 8. The van der Waals surface area contributed by atoms with Crippen molar-refractivity contribution in [2.45, 2.75) is 72.2 Å². The lowest BCUT2D eigenvalue weighted by atomic mass is 10.1. The molecule has 42 heavy (non-hydrogen) atoms. The molecule has 0 bridgehead atoms. The van der Waals surface area contributed by atoms with Crippen molar-refractivity contribution in [3.05, 3.63) is 65.1 Å². The third-order valence-electron chi connectivity index (χ3n) is 7.23. The van der Waals surface area contributed by atoms with Gasteiger partial charge in [0.05, 0.1) is 46.1 Å². The molecule has 2 aromatic heterocycles. The van der Waals surface area contributed by atoms with Gasteiger partial charge in [0.15, 0.2) is 5.82 Å². The van der Waals surface area contributed by atoms with Gasteiger partial charge in [0, 0.05) is 48.5 Å². The number of unbranched alkanes of at least 4 members (excludes halogenated alkanes) is 1. The lowest BCUT2D eigenvalue weighted by Gasteiger charge is -2.27. The fourth-order valence-electron chi connectivity index (χ4n) is 5.17. The second-order valence-corrected chi connectivity index (χ2v) is 11.2. The normalized spacial score (nSPS) is 11.5. The molecule has 4 aromatic rings. The van der Waals surface area contributed by atoms with Gasteiger partial charge in [-0.15, -0.1) is 0 Å². The quantitative estimate of drug-likeness (QED) is 0.193. The van der Waals surface area contributed by atoms with Crippen molar-refractivity contribution in [2.75, 3.05) is 33.3 Å². The van der Waals surface area contributed by atoms with Crippen molar-refractivity contribution in [2.24, 2.45) is 0 Å². The highest BCUT2D eigenvalue weighted by molar-refractivity contribution is 5.87. The monoisotopic (exact) mass is 576 g/mol. The molecule has 0 atom stereocenters. The zero-order chi connectivity index (χ0) is 30.4. The van der Waals surface area contributed by atoms with Crippen molar-refractivity contribution in [1.82, 2.24) is 14.5 Å². The van der Waals surface area contributed by atoms with E-state index in [0.717, 1.165) is 81.8 Å². The first-order chi connectivity index (χ1) is 20.1. The summed E-state index contributed by atoms with van der Waals surface area (Å²) in [5.41, 5.74) is 3.67. The van der Waals surface area contributed by atoms with E-state index in [-0.39, 0.29) is 0 Å². The highest BCUT2D eigenvalue weighted by Gasteiger charge is 2.25. The third-order valence-corrected chi connectivity index (χ3v) is 7.23. The number of hydrogen-bond donors (Lipinski definition) is 1. The van der Waals surface area contributed by atoms with Crippen molar-refractivity contribution in [1.29, 1.82) is 0 Å².